The smallest absolute Gasteiger partial charge is 0.212 e. The van der Waals surface area contributed by atoms with Crippen molar-refractivity contribution >= 4 is 26.0 Å². The van der Waals surface area contributed by atoms with Gasteiger partial charge in [0.2, 0.25) is 10.0 Å². The third-order valence-corrected chi connectivity index (χ3v) is 4.40. The predicted molar refractivity (Wildman–Crippen MR) is 60.7 cm³/mol. The van der Waals surface area contributed by atoms with Crippen molar-refractivity contribution < 1.29 is 8.42 Å². The second kappa shape index (κ2) is 4.91. The van der Waals surface area contributed by atoms with Gasteiger partial charge in [0.1, 0.15) is 4.66 Å². The van der Waals surface area contributed by atoms with Crippen LogP contribution in [0.15, 0.2) is 24.3 Å². The van der Waals surface area contributed by atoms with Gasteiger partial charge >= 0.3 is 0 Å². The summed E-state index contributed by atoms with van der Waals surface area (Å²) in [6, 6.07) is 7.73. The minimum Gasteiger partial charge on any atom is -0.212 e. The number of aryl methyl sites for hydroxylation is 1. The highest BCUT2D eigenvalue weighted by molar-refractivity contribution is 9.10. The third kappa shape index (κ3) is 3.77. The normalized spacial score (nSPS) is 11.6. The van der Waals surface area contributed by atoms with Crippen LogP contribution in [0.2, 0.25) is 0 Å². The zero-order valence-electron chi connectivity index (χ0n) is 7.83. The Morgan fingerprint density at radius 2 is 2.14 bits per heavy atom. The molecule has 0 amide bonds. The zero-order chi connectivity index (χ0) is 10.6. The molecule has 3 nitrogen and oxygen atoms in total. The first-order valence-electron chi connectivity index (χ1n) is 4.12. The topological polar surface area (TPSA) is 46.2 Å². The molecule has 0 unspecified atom stereocenters. The first kappa shape index (κ1) is 11.7. The highest BCUT2D eigenvalue weighted by Crippen LogP contribution is 2.04. The van der Waals surface area contributed by atoms with Gasteiger partial charge in [0.15, 0.2) is 0 Å². The fourth-order valence-corrected chi connectivity index (χ4v) is 2.00. The van der Waals surface area contributed by atoms with Crippen LogP contribution in [0.25, 0.3) is 0 Å². The number of hydrogen-bond donors (Lipinski definition) is 1. The van der Waals surface area contributed by atoms with Gasteiger partial charge in [-0.2, -0.15) is 0 Å². The van der Waals surface area contributed by atoms with Gasteiger partial charge in [0.25, 0.3) is 0 Å². The van der Waals surface area contributed by atoms with E-state index < -0.39 is 10.0 Å². The molecule has 0 fully saturated rings. The second-order valence-electron chi connectivity index (χ2n) is 3.03. The molecule has 78 valence electrons. The van der Waals surface area contributed by atoms with Gasteiger partial charge in [0.05, 0.1) is 0 Å². The molecule has 1 N–H and O–H groups in total. The summed E-state index contributed by atoms with van der Waals surface area (Å²) < 4.78 is 24.6. The monoisotopic (exact) mass is 277 g/mol. The van der Waals surface area contributed by atoms with Crippen molar-refractivity contribution in [1.82, 2.24) is 4.72 Å². The van der Waals surface area contributed by atoms with Crippen molar-refractivity contribution in [3.8, 4) is 0 Å². The van der Waals surface area contributed by atoms with Gasteiger partial charge in [-0.3, -0.25) is 0 Å². The highest BCUT2D eigenvalue weighted by Gasteiger charge is 2.06. The molecule has 0 aromatic heterocycles. The Balaban J connectivity index is 2.63. The molecule has 0 aliphatic rings. The fourth-order valence-electron chi connectivity index (χ4n) is 1.05. The van der Waals surface area contributed by atoms with E-state index in [4.69, 9.17) is 0 Å². The molecule has 0 aliphatic heterocycles. The molecular weight excluding hydrogens is 266 g/mol. The van der Waals surface area contributed by atoms with E-state index >= 15 is 0 Å². The van der Waals surface area contributed by atoms with Crippen molar-refractivity contribution in [2.24, 2.45) is 0 Å². The summed E-state index contributed by atoms with van der Waals surface area (Å²) in [5.41, 5.74) is 2.09. The quantitative estimate of drug-likeness (QED) is 0.853. The lowest BCUT2D eigenvalue weighted by molar-refractivity contribution is 0.586. The Labute approximate surface area is 92.7 Å². The number of rotatable bonds is 4. The van der Waals surface area contributed by atoms with Crippen LogP contribution < -0.4 is 4.72 Å². The summed E-state index contributed by atoms with van der Waals surface area (Å²) in [4.78, 5) is 0. The average molecular weight is 278 g/mol. The van der Waals surface area contributed by atoms with Crippen LogP contribution in [0.1, 0.15) is 11.1 Å². The minimum atomic E-state index is -3.16. The number of benzene rings is 1. The van der Waals surface area contributed by atoms with Crippen molar-refractivity contribution in [2.75, 3.05) is 4.66 Å². The summed E-state index contributed by atoms with van der Waals surface area (Å²) >= 11 is 2.91. The van der Waals surface area contributed by atoms with E-state index in [1.165, 1.54) is 0 Å². The van der Waals surface area contributed by atoms with Gasteiger partial charge in [-0.1, -0.05) is 45.8 Å². The van der Waals surface area contributed by atoms with Crippen LogP contribution in [0.3, 0.4) is 0 Å². The van der Waals surface area contributed by atoms with Crippen molar-refractivity contribution in [3.05, 3.63) is 35.4 Å². The molecule has 0 saturated heterocycles. The number of sulfonamides is 1. The van der Waals surface area contributed by atoms with Crippen molar-refractivity contribution in [1.29, 1.82) is 0 Å². The summed E-state index contributed by atoms with van der Waals surface area (Å²) in [6.07, 6.45) is 0. The van der Waals surface area contributed by atoms with Crippen LogP contribution in [0, 0.1) is 6.92 Å². The van der Waals surface area contributed by atoms with E-state index in [0.29, 0.717) is 6.54 Å². The molecule has 1 aromatic rings. The van der Waals surface area contributed by atoms with Crippen LogP contribution in [-0.4, -0.2) is 13.1 Å². The van der Waals surface area contributed by atoms with Gasteiger partial charge in [-0.05, 0) is 12.5 Å². The summed E-state index contributed by atoms with van der Waals surface area (Å²) in [6.45, 7) is 2.32. The third-order valence-electron chi connectivity index (χ3n) is 1.72. The zero-order valence-corrected chi connectivity index (χ0v) is 10.2. The number of hydrogen-bond acceptors (Lipinski definition) is 2. The van der Waals surface area contributed by atoms with Crippen LogP contribution in [0.4, 0.5) is 0 Å². The van der Waals surface area contributed by atoms with E-state index in [9.17, 15) is 8.42 Å². The van der Waals surface area contributed by atoms with E-state index in [0.717, 1.165) is 11.1 Å². The second-order valence-corrected chi connectivity index (χ2v) is 6.14. The average Bonchev–Trinajstić information content (AvgIpc) is 2.15. The Morgan fingerprint density at radius 3 is 2.71 bits per heavy atom. The van der Waals surface area contributed by atoms with Gasteiger partial charge in [-0.25, -0.2) is 13.1 Å². The molecule has 0 bridgehead atoms. The molecule has 0 aliphatic carbocycles. The molecule has 0 heterocycles. The first-order chi connectivity index (χ1) is 6.53. The van der Waals surface area contributed by atoms with E-state index in [1.807, 2.05) is 31.2 Å². The van der Waals surface area contributed by atoms with Crippen LogP contribution in [0.5, 0.6) is 0 Å². The lowest BCUT2D eigenvalue weighted by Crippen LogP contribution is -2.23. The Hall–Kier alpha value is -0.390. The summed E-state index contributed by atoms with van der Waals surface area (Å²) in [5, 5.41) is 0. The Morgan fingerprint density at radius 1 is 1.43 bits per heavy atom. The number of alkyl halides is 1. The molecule has 0 atom stereocenters. The predicted octanol–water partition coefficient (Wildman–Crippen LogP) is 1.77. The van der Waals surface area contributed by atoms with E-state index in [-0.39, 0.29) is 4.66 Å². The molecule has 0 spiro atoms. The standard InChI is InChI=1S/C9H12BrNO2S/c1-8-3-2-4-9(5-8)6-11-14(12,13)7-10/h2-5,11H,6-7H2,1H3. The molecule has 5 heteroatoms. The maximum atomic E-state index is 11.1. The molecule has 0 saturated carbocycles. The Bertz CT molecular complexity index is 403. The van der Waals surface area contributed by atoms with Crippen LogP contribution >= 0.6 is 15.9 Å². The molecule has 1 rings (SSSR count). The summed E-state index contributed by atoms with van der Waals surface area (Å²) in [5.74, 6) is 0. The number of halogens is 1. The van der Waals surface area contributed by atoms with Gasteiger partial charge in [0, 0.05) is 6.54 Å². The molecule has 0 radical (unpaired) electrons. The van der Waals surface area contributed by atoms with Crippen LogP contribution in [-0.2, 0) is 16.6 Å². The van der Waals surface area contributed by atoms with E-state index in [1.54, 1.807) is 0 Å². The maximum absolute atomic E-state index is 11.1. The van der Waals surface area contributed by atoms with Gasteiger partial charge < -0.3 is 0 Å². The molecule has 1 aromatic carbocycles. The number of nitrogens with one attached hydrogen (secondary N) is 1. The van der Waals surface area contributed by atoms with E-state index in [2.05, 4.69) is 20.7 Å². The van der Waals surface area contributed by atoms with Crippen molar-refractivity contribution in [2.45, 2.75) is 13.5 Å². The highest BCUT2D eigenvalue weighted by atomic mass is 79.9. The molecular formula is C9H12BrNO2S. The first-order valence-corrected chi connectivity index (χ1v) is 6.90. The molecule has 14 heavy (non-hydrogen) atoms. The SMILES string of the molecule is Cc1cccc(CNS(=O)(=O)CBr)c1. The summed E-state index contributed by atoms with van der Waals surface area (Å²) in [7, 11) is -3.16. The maximum Gasteiger partial charge on any atom is 0.221 e. The fraction of sp³-hybridized carbons (Fsp3) is 0.333. The van der Waals surface area contributed by atoms with Gasteiger partial charge in [-0.15, -0.1) is 0 Å². The Kier molecular flexibility index (Phi) is 4.10. The minimum absolute atomic E-state index is 0.0637. The van der Waals surface area contributed by atoms with Crippen molar-refractivity contribution in [3.63, 3.8) is 0 Å². The lowest BCUT2D eigenvalue weighted by Gasteiger charge is -2.04. The lowest BCUT2D eigenvalue weighted by atomic mass is 10.1. The largest absolute Gasteiger partial charge is 0.221 e.